The monoisotopic (exact) mass is 216 g/mol. The molecule has 0 unspecified atom stereocenters. The van der Waals surface area contributed by atoms with E-state index in [9.17, 15) is 9.59 Å². The first kappa shape index (κ1) is 13.9. The highest BCUT2D eigenvalue weighted by molar-refractivity contribution is 5.85. The van der Waals surface area contributed by atoms with Crippen molar-refractivity contribution in [2.75, 3.05) is 6.54 Å². The molecule has 3 N–H and O–H groups in total. The van der Waals surface area contributed by atoms with Crippen molar-refractivity contribution < 1.29 is 14.7 Å². The minimum Gasteiger partial charge on any atom is -0.480 e. The maximum absolute atomic E-state index is 11.7. The molecule has 0 aliphatic heterocycles. The number of aliphatic carboxylic acids is 1. The molecule has 1 atom stereocenters. The lowest BCUT2D eigenvalue weighted by molar-refractivity contribution is -0.146. The second-order valence-electron chi connectivity index (χ2n) is 3.85. The van der Waals surface area contributed by atoms with E-state index < -0.39 is 12.0 Å². The van der Waals surface area contributed by atoms with Gasteiger partial charge in [0.25, 0.3) is 0 Å². The Morgan fingerprint density at radius 3 is 2.27 bits per heavy atom. The highest BCUT2D eigenvalue weighted by Crippen LogP contribution is 2.04. The predicted octanol–water partition coefficient (Wildman–Crippen LogP) is 0.435. The third-order valence-electron chi connectivity index (χ3n) is 2.13. The molecule has 0 aromatic rings. The fourth-order valence-corrected chi connectivity index (χ4v) is 1.31. The fourth-order valence-electron chi connectivity index (χ4n) is 1.31. The Kier molecular flexibility index (Phi) is 5.93. The lowest BCUT2D eigenvalue weighted by Gasteiger charge is -2.27. The second-order valence-corrected chi connectivity index (χ2v) is 3.85. The van der Waals surface area contributed by atoms with Gasteiger partial charge in [0, 0.05) is 6.04 Å². The highest BCUT2D eigenvalue weighted by Gasteiger charge is 2.24. The summed E-state index contributed by atoms with van der Waals surface area (Å²) in [5.41, 5.74) is 5.66. The lowest BCUT2D eigenvalue weighted by atomic mass is 10.1. The zero-order valence-electron chi connectivity index (χ0n) is 9.56. The molecule has 0 aliphatic rings. The van der Waals surface area contributed by atoms with Crippen LogP contribution >= 0.6 is 0 Å². The van der Waals surface area contributed by atoms with E-state index in [0.717, 1.165) is 6.42 Å². The molecule has 0 rings (SSSR count). The van der Waals surface area contributed by atoms with Gasteiger partial charge in [-0.2, -0.15) is 0 Å². The Labute approximate surface area is 90.2 Å². The summed E-state index contributed by atoms with van der Waals surface area (Å²) in [6, 6.07) is -0.728. The predicted molar refractivity (Wildman–Crippen MR) is 57.4 cm³/mol. The van der Waals surface area contributed by atoms with Gasteiger partial charge in [-0.1, -0.05) is 13.3 Å². The number of hydrogen-bond acceptors (Lipinski definition) is 3. The van der Waals surface area contributed by atoms with Crippen LogP contribution in [0.3, 0.4) is 0 Å². The number of amides is 1. The van der Waals surface area contributed by atoms with Crippen molar-refractivity contribution in [1.29, 1.82) is 0 Å². The van der Waals surface area contributed by atoms with Gasteiger partial charge in [0.1, 0.15) is 6.54 Å². The van der Waals surface area contributed by atoms with Crippen molar-refractivity contribution in [2.45, 2.75) is 45.7 Å². The zero-order chi connectivity index (χ0) is 12.0. The molecule has 0 bridgehead atoms. The Balaban J connectivity index is 4.47. The first-order chi connectivity index (χ1) is 6.90. The van der Waals surface area contributed by atoms with Crippen LogP contribution in [0, 0.1) is 0 Å². The summed E-state index contributed by atoms with van der Waals surface area (Å²) in [6.07, 6.45) is 1.40. The Hall–Kier alpha value is -1.10. The molecule has 15 heavy (non-hydrogen) atoms. The van der Waals surface area contributed by atoms with E-state index in [1.807, 2.05) is 6.92 Å². The number of carbonyl (C=O) groups is 2. The van der Waals surface area contributed by atoms with Gasteiger partial charge in [0.2, 0.25) is 5.91 Å². The lowest BCUT2D eigenvalue weighted by Crippen LogP contribution is -2.48. The van der Waals surface area contributed by atoms with Crippen molar-refractivity contribution in [2.24, 2.45) is 5.73 Å². The zero-order valence-corrected chi connectivity index (χ0v) is 9.56. The van der Waals surface area contributed by atoms with Crippen LogP contribution in [-0.2, 0) is 9.59 Å². The number of carbonyl (C=O) groups excluding carboxylic acids is 1. The summed E-state index contributed by atoms with van der Waals surface area (Å²) in [5, 5.41) is 8.66. The summed E-state index contributed by atoms with van der Waals surface area (Å²) in [4.78, 5) is 23.6. The van der Waals surface area contributed by atoms with E-state index in [-0.39, 0.29) is 18.5 Å². The van der Waals surface area contributed by atoms with E-state index in [2.05, 4.69) is 0 Å². The van der Waals surface area contributed by atoms with Crippen molar-refractivity contribution >= 4 is 11.9 Å². The molecule has 0 saturated heterocycles. The molecular formula is C10H20N2O3. The SMILES string of the molecule is CCC[C@@H](N)C(=O)N(CC(=O)O)C(C)C. The molecule has 0 aliphatic carbocycles. The third-order valence-corrected chi connectivity index (χ3v) is 2.13. The molecule has 1 amide bonds. The minimum absolute atomic E-state index is 0.142. The maximum Gasteiger partial charge on any atom is 0.323 e. The quantitative estimate of drug-likeness (QED) is 0.674. The van der Waals surface area contributed by atoms with Gasteiger partial charge in [0.05, 0.1) is 6.04 Å². The molecule has 0 heterocycles. The van der Waals surface area contributed by atoms with Gasteiger partial charge in [-0.15, -0.1) is 0 Å². The first-order valence-corrected chi connectivity index (χ1v) is 5.18. The normalized spacial score (nSPS) is 12.6. The van der Waals surface area contributed by atoms with Crippen molar-refractivity contribution in [3.63, 3.8) is 0 Å². The molecule has 0 spiro atoms. The average Bonchev–Trinajstić information content (AvgIpc) is 2.12. The molecular weight excluding hydrogens is 196 g/mol. The maximum atomic E-state index is 11.7. The van der Waals surface area contributed by atoms with Gasteiger partial charge in [-0.3, -0.25) is 9.59 Å². The molecule has 5 nitrogen and oxygen atoms in total. The summed E-state index contributed by atoms with van der Waals surface area (Å²) >= 11 is 0. The first-order valence-electron chi connectivity index (χ1n) is 5.18. The van der Waals surface area contributed by atoms with Gasteiger partial charge in [0.15, 0.2) is 0 Å². The summed E-state index contributed by atoms with van der Waals surface area (Å²) in [7, 11) is 0. The third kappa shape index (κ3) is 4.78. The molecule has 0 radical (unpaired) electrons. The van der Waals surface area contributed by atoms with Gasteiger partial charge >= 0.3 is 5.97 Å². The topological polar surface area (TPSA) is 83.6 Å². The van der Waals surface area contributed by atoms with Crippen LogP contribution in [0.25, 0.3) is 0 Å². The summed E-state index contributed by atoms with van der Waals surface area (Å²) < 4.78 is 0. The molecule has 0 aromatic heterocycles. The average molecular weight is 216 g/mol. The fraction of sp³-hybridized carbons (Fsp3) is 0.800. The molecule has 0 fully saturated rings. The Bertz CT molecular complexity index is 229. The van der Waals surface area contributed by atoms with Gasteiger partial charge in [-0.25, -0.2) is 0 Å². The van der Waals surface area contributed by atoms with Crippen molar-refractivity contribution in [3.8, 4) is 0 Å². The second kappa shape index (κ2) is 6.40. The molecule has 5 heteroatoms. The van der Waals surface area contributed by atoms with Crippen LogP contribution in [0.1, 0.15) is 33.6 Å². The van der Waals surface area contributed by atoms with E-state index in [0.29, 0.717) is 6.42 Å². The standard InChI is InChI=1S/C10H20N2O3/c1-4-5-8(11)10(15)12(7(2)3)6-9(13)14/h7-8H,4-6,11H2,1-3H3,(H,13,14)/t8-/m1/s1. The van der Waals surface area contributed by atoms with E-state index in [1.165, 1.54) is 4.90 Å². The summed E-state index contributed by atoms with van der Waals surface area (Å²) in [5.74, 6) is -1.30. The van der Waals surface area contributed by atoms with Crippen LogP contribution in [-0.4, -0.2) is 40.5 Å². The smallest absolute Gasteiger partial charge is 0.323 e. The van der Waals surface area contributed by atoms with E-state index in [1.54, 1.807) is 13.8 Å². The van der Waals surface area contributed by atoms with E-state index >= 15 is 0 Å². The van der Waals surface area contributed by atoms with Gasteiger partial charge in [-0.05, 0) is 20.3 Å². The van der Waals surface area contributed by atoms with E-state index in [4.69, 9.17) is 10.8 Å². The van der Waals surface area contributed by atoms with Gasteiger partial charge < -0.3 is 15.7 Å². The van der Waals surface area contributed by atoms with Crippen LogP contribution in [0.2, 0.25) is 0 Å². The number of carboxylic acids is 1. The number of hydrogen-bond donors (Lipinski definition) is 2. The number of nitrogens with two attached hydrogens (primary N) is 1. The minimum atomic E-state index is -1.01. The van der Waals surface area contributed by atoms with Crippen molar-refractivity contribution in [1.82, 2.24) is 4.90 Å². The number of carboxylic acid groups (broad SMARTS) is 1. The van der Waals surface area contributed by atoms with Crippen LogP contribution in [0.15, 0.2) is 0 Å². The molecule has 88 valence electrons. The number of rotatable bonds is 6. The Morgan fingerprint density at radius 1 is 1.40 bits per heavy atom. The summed E-state index contributed by atoms with van der Waals surface area (Å²) in [6.45, 7) is 5.21. The Morgan fingerprint density at radius 2 is 1.93 bits per heavy atom. The van der Waals surface area contributed by atoms with Crippen molar-refractivity contribution in [3.05, 3.63) is 0 Å². The van der Waals surface area contributed by atoms with Crippen LogP contribution in [0.5, 0.6) is 0 Å². The largest absolute Gasteiger partial charge is 0.480 e. The highest BCUT2D eigenvalue weighted by atomic mass is 16.4. The van der Waals surface area contributed by atoms with Crippen LogP contribution in [0.4, 0.5) is 0 Å². The molecule has 0 aromatic carbocycles. The van der Waals surface area contributed by atoms with Crippen LogP contribution < -0.4 is 5.73 Å². The number of nitrogens with zero attached hydrogens (tertiary/aromatic N) is 1. The molecule has 0 saturated carbocycles.